The van der Waals surface area contributed by atoms with E-state index in [2.05, 4.69) is 35.6 Å². The Morgan fingerprint density at radius 1 is 1.19 bits per heavy atom. The van der Waals surface area contributed by atoms with Crippen LogP contribution in [0.5, 0.6) is 5.75 Å². The van der Waals surface area contributed by atoms with Crippen LogP contribution in [0.3, 0.4) is 0 Å². The van der Waals surface area contributed by atoms with Crippen LogP contribution in [-0.4, -0.2) is 73.1 Å². The second-order valence-electron chi connectivity index (χ2n) is 13.6. The molecule has 3 aromatic heterocycles. The molecule has 0 bridgehead atoms. The monoisotopic (exact) mass is 678 g/mol. The van der Waals surface area contributed by atoms with Gasteiger partial charge in [-0.1, -0.05) is 38.4 Å². The van der Waals surface area contributed by atoms with Crippen molar-refractivity contribution in [1.82, 2.24) is 29.6 Å². The number of carbonyl (C=O) groups is 2. The summed E-state index contributed by atoms with van der Waals surface area (Å²) in [6.07, 6.45) is 5.77. The zero-order valence-corrected chi connectivity index (χ0v) is 27.8. The number of rotatable bonds is 8. The molecule has 2 N–H and O–H groups in total. The van der Waals surface area contributed by atoms with Gasteiger partial charge in [0.2, 0.25) is 0 Å². The predicted molar refractivity (Wildman–Crippen MR) is 176 cm³/mol. The van der Waals surface area contributed by atoms with Gasteiger partial charge in [-0.15, -0.1) is 0 Å². The van der Waals surface area contributed by atoms with Gasteiger partial charge in [-0.3, -0.25) is 19.4 Å². The molecule has 252 valence electrons. The Hall–Kier alpha value is -4.23. The van der Waals surface area contributed by atoms with Crippen LogP contribution < -0.4 is 15.4 Å². The molecule has 0 unspecified atom stereocenters. The first-order chi connectivity index (χ1) is 22.9. The molecule has 2 fully saturated rings. The van der Waals surface area contributed by atoms with Gasteiger partial charge in [-0.2, -0.15) is 5.10 Å². The molecule has 1 saturated heterocycles. The number of carbonyl (C=O) groups excluding carboxylic acids is 2. The lowest BCUT2D eigenvalue weighted by molar-refractivity contribution is -0.131. The fraction of sp³-hybridized carbons (Fsp3) is 0.471. The number of hydrogen-bond donors (Lipinski definition) is 1. The highest BCUT2D eigenvalue weighted by Gasteiger charge is 2.49. The third-order valence-corrected chi connectivity index (χ3v) is 9.82. The van der Waals surface area contributed by atoms with Gasteiger partial charge in [-0.05, 0) is 42.4 Å². The number of piperidine rings is 1. The first-order valence-electron chi connectivity index (χ1n) is 16.2. The first-order valence-corrected chi connectivity index (χ1v) is 16.6. The Bertz CT molecular complexity index is 1890. The molecule has 48 heavy (non-hydrogen) atoms. The van der Waals surface area contributed by atoms with E-state index >= 15 is 0 Å². The summed E-state index contributed by atoms with van der Waals surface area (Å²) in [5, 5.41) is 5.89. The minimum Gasteiger partial charge on any atom is -0.482 e. The van der Waals surface area contributed by atoms with Gasteiger partial charge < -0.3 is 10.5 Å². The molecular weight excluding hydrogens is 642 g/mol. The first kappa shape index (κ1) is 32.3. The minimum absolute atomic E-state index is 0.00691. The van der Waals surface area contributed by atoms with E-state index in [-0.39, 0.29) is 55.8 Å². The summed E-state index contributed by atoms with van der Waals surface area (Å²) in [5.41, 5.74) is 9.44. The van der Waals surface area contributed by atoms with Crippen molar-refractivity contribution >= 4 is 40.1 Å². The quantitative estimate of drug-likeness (QED) is 0.260. The predicted octanol–water partition coefficient (Wildman–Crippen LogP) is 5.45. The number of primary amides is 1. The molecule has 7 rings (SSSR count). The number of anilines is 1. The molecule has 1 aromatic carbocycles. The maximum Gasteiger partial charge on any atom is 0.265 e. The number of halogens is 3. The highest BCUT2D eigenvalue weighted by Crippen LogP contribution is 2.44. The number of fused-ring (bicyclic) bond motifs is 2. The lowest BCUT2D eigenvalue weighted by atomic mass is 9.83. The normalized spacial score (nSPS) is 21.3. The molecule has 4 aromatic rings. The van der Waals surface area contributed by atoms with Crippen molar-refractivity contribution in [1.29, 1.82) is 0 Å². The van der Waals surface area contributed by atoms with Crippen LogP contribution in [0.4, 0.5) is 14.5 Å². The third kappa shape index (κ3) is 5.98. The van der Waals surface area contributed by atoms with E-state index in [0.29, 0.717) is 75.2 Å². The number of aromatic nitrogens is 5. The highest BCUT2D eigenvalue weighted by atomic mass is 35.5. The van der Waals surface area contributed by atoms with E-state index in [0.717, 1.165) is 6.42 Å². The molecule has 1 aliphatic carbocycles. The van der Waals surface area contributed by atoms with Gasteiger partial charge in [0.1, 0.15) is 11.6 Å². The second kappa shape index (κ2) is 12.3. The Labute approximate surface area is 281 Å². The Balaban J connectivity index is 1.28. The topological polar surface area (TPSA) is 132 Å². The number of alkyl halides is 2. The average Bonchev–Trinajstić information content (AvgIpc) is 3.44. The van der Waals surface area contributed by atoms with E-state index in [1.54, 1.807) is 17.2 Å². The van der Waals surface area contributed by atoms with Crippen LogP contribution in [0, 0.1) is 11.8 Å². The maximum absolute atomic E-state index is 13.6. The van der Waals surface area contributed by atoms with Crippen LogP contribution in [0.15, 0.2) is 36.8 Å². The molecule has 0 spiro atoms. The number of hydrogen-bond acceptors (Lipinski definition) is 8. The van der Waals surface area contributed by atoms with E-state index in [1.807, 2.05) is 16.8 Å². The van der Waals surface area contributed by atoms with Crippen LogP contribution in [0.2, 0.25) is 5.02 Å². The lowest BCUT2D eigenvalue weighted by Crippen LogP contribution is -2.54. The molecule has 3 aliphatic rings. The van der Waals surface area contributed by atoms with Crippen LogP contribution in [-0.2, 0) is 17.8 Å². The van der Waals surface area contributed by atoms with Crippen molar-refractivity contribution < 1.29 is 23.1 Å². The molecule has 0 radical (unpaired) electrons. The van der Waals surface area contributed by atoms with E-state index < -0.39 is 11.8 Å². The number of nitrogens with zero attached hydrogens (tertiary/aromatic N) is 7. The Morgan fingerprint density at radius 2 is 1.94 bits per heavy atom. The highest BCUT2D eigenvalue weighted by molar-refractivity contribution is 6.30. The zero-order valence-electron chi connectivity index (χ0n) is 27.0. The summed E-state index contributed by atoms with van der Waals surface area (Å²) >= 11 is 5.95. The second-order valence-corrected chi connectivity index (χ2v) is 14.0. The average molecular weight is 679 g/mol. The summed E-state index contributed by atoms with van der Waals surface area (Å²) in [6.45, 7) is 7.57. The molecule has 1 saturated carbocycles. The Kier molecular flexibility index (Phi) is 8.31. The third-order valence-electron chi connectivity index (χ3n) is 9.62. The van der Waals surface area contributed by atoms with E-state index in [1.165, 1.54) is 12.4 Å². The fourth-order valence-corrected chi connectivity index (χ4v) is 7.39. The van der Waals surface area contributed by atoms with Gasteiger partial charge in [0.25, 0.3) is 17.7 Å². The number of benzene rings is 1. The van der Waals surface area contributed by atoms with Crippen molar-refractivity contribution in [2.45, 2.75) is 71.0 Å². The van der Waals surface area contributed by atoms with Gasteiger partial charge in [0.15, 0.2) is 12.3 Å². The molecular formula is C34H37ClF2N8O3. The summed E-state index contributed by atoms with van der Waals surface area (Å²) in [7, 11) is 0. The number of likely N-dealkylation sites (tertiary alicyclic amines) is 1. The standard InChI is InChI=1S/C34H37ClF2N8O3/c1-18(2)8-24-31(32(38)47)30(20-4-5-26-27(9-20)48-17-29(46)44(26)16-28-39-12-21(35)13-40-28)23-14-41-45(33(23)42-24)25-6-7-43(15-19(25)3)22-10-34(36,37)11-22/h4-5,9,12-14,18-19,22,25H,6-8,10-11,15-17H2,1-3H3,(H2,38,47)/t19-,25-/m1/s1. The summed E-state index contributed by atoms with van der Waals surface area (Å²) in [5.74, 6) is -2.21. The van der Waals surface area contributed by atoms with E-state index in [4.69, 9.17) is 32.2 Å². The molecule has 2 amide bonds. The van der Waals surface area contributed by atoms with Gasteiger partial charge >= 0.3 is 0 Å². The van der Waals surface area contributed by atoms with Crippen LogP contribution >= 0.6 is 11.6 Å². The molecule has 11 nitrogen and oxygen atoms in total. The van der Waals surface area contributed by atoms with Crippen molar-refractivity contribution in [2.24, 2.45) is 17.6 Å². The largest absolute Gasteiger partial charge is 0.482 e. The molecule has 2 atom stereocenters. The summed E-state index contributed by atoms with van der Waals surface area (Å²) in [4.78, 5) is 43.4. The molecule has 14 heteroatoms. The smallest absolute Gasteiger partial charge is 0.265 e. The lowest BCUT2D eigenvalue weighted by Gasteiger charge is -2.47. The number of ether oxygens (including phenoxy) is 1. The van der Waals surface area contributed by atoms with E-state index in [9.17, 15) is 18.4 Å². The summed E-state index contributed by atoms with van der Waals surface area (Å²) < 4.78 is 35.1. The van der Waals surface area contributed by atoms with Crippen LogP contribution in [0.25, 0.3) is 22.2 Å². The summed E-state index contributed by atoms with van der Waals surface area (Å²) in [6, 6.07) is 5.33. The van der Waals surface area contributed by atoms with Gasteiger partial charge in [-0.25, -0.2) is 28.4 Å². The van der Waals surface area contributed by atoms with Gasteiger partial charge in [0.05, 0.1) is 40.8 Å². The van der Waals surface area contributed by atoms with Crippen molar-refractivity contribution in [3.05, 3.63) is 58.9 Å². The molecule has 2 aliphatic heterocycles. The van der Waals surface area contributed by atoms with Crippen molar-refractivity contribution in [3.8, 4) is 16.9 Å². The SMILES string of the molecule is CC(C)Cc1nc2c(cnn2[C@@H]2CCN(C3CC(F)(F)C3)C[C@H]2C)c(-c2ccc3c(c2)OCC(=O)N3Cc2ncc(Cl)cn2)c1C(N)=O. The Morgan fingerprint density at radius 3 is 2.60 bits per heavy atom. The minimum atomic E-state index is -2.56. The van der Waals surface area contributed by atoms with Crippen molar-refractivity contribution in [3.63, 3.8) is 0 Å². The van der Waals surface area contributed by atoms with Gasteiger partial charge in [0, 0.05) is 55.3 Å². The van der Waals surface area contributed by atoms with Crippen LogP contribution in [0.1, 0.15) is 68.0 Å². The molecule has 5 heterocycles. The maximum atomic E-state index is 13.6. The number of nitrogens with two attached hydrogens (primary N) is 1. The number of pyridine rings is 1. The van der Waals surface area contributed by atoms with Crippen molar-refractivity contribution in [2.75, 3.05) is 24.6 Å². The zero-order chi connectivity index (χ0) is 33.9. The number of amides is 2. The fourth-order valence-electron chi connectivity index (χ4n) is 7.29.